The summed E-state index contributed by atoms with van der Waals surface area (Å²) in [6.07, 6.45) is 1.52. The number of rotatable bonds is 7. The van der Waals surface area contributed by atoms with Crippen LogP contribution in [0.3, 0.4) is 0 Å². The smallest absolute Gasteiger partial charge is 0.269 e. The van der Waals surface area contributed by atoms with E-state index in [4.69, 9.17) is 21.7 Å². The summed E-state index contributed by atoms with van der Waals surface area (Å²) >= 11 is 5.23. The highest BCUT2D eigenvalue weighted by molar-refractivity contribution is 7.71. The average molecular weight is 387 g/mol. The first-order chi connectivity index (χ1) is 13.1. The number of H-pyrrole nitrogens is 1. The van der Waals surface area contributed by atoms with E-state index < -0.39 is 0 Å². The SMILES string of the molecule is COc1ccc(OCCNC(=O)c2c[nH]c(=S)n2-c2ccc(F)cc2)cc1. The second-order valence-corrected chi connectivity index (χ2v) is 5.96. The fraction of sp³-hybridized carbons (Fsp3) is 0.158. The molecule has 1 heterocycles. The molecule has 0 unspecified atom stereocenters. The van der Waals surface area contributed by atoms with Crippen molar-refractivity contribution in [3.8, 4) is 17.2 Å². The van der Waals surface area contributed by atoms with Gasteiger partial charge in [0.2, 0.25) is 0 Å². The summed E-state index contributed by atoms with van der Waals surface area (Å²) < 4.78 is 25.7. The highest BCUT2D eigenvalue weighted by Crippen LogP contribution is 2.17. The normalized spacial score (nSPS) is 10.4. The summed E-state index contributed by atoms with van der Waals surface area (Å²) in [6, 6.07) is 12.9. The Morgan fingerprint density at radius 3 is 2.48 bits per heavy atom. The molecule has 3 rings (SSSR count). The van der Waals surface area contributed by atoms with Crippen molar-refractivity contribution >= 4 is 18.1 Å². The minimum Gasteiger partial charge on any atom is -0.497 e. The molecule has 2 aromatic carbocycles. The lowest BCUT2D eigenvalue weighted by atomic mass is 10.3. The first kappa shape index (κ1) is 18.7. The van der Waals surface area contributed by atoms with Crippen molar-refractivity contribution in [3.63, 3.8) is 0 Å². The molecule has 0 aliphatic carbocycles. The van der Waals surface area contributed by atoms with Gasteiger partial charge < -0.3 is 19.8 Å². The van der Waals surface area contributed by atoms with Gasteiger partial charge in [0.05, 0.1) is 13.7 Å². The van der Waals surface area contributed by atoms with Crippen LogP contribution in [0.25, 0.3) is 5.69 Å². The summed E-state index contributed by atoms with van der Waals surface area (Å²) in [6.45, 7) is 0.617. The van der Waals surface area contributed by atoms with Crippen LogP contribution >= 0.6 is 12.2 Å². The number of ether oxygens (including phenoxy) is 2. The van der Waals surface area contributed by atoms with E-state index in [1.165, 1.54) is 18.3 Å². The Hall–Kier alpha value is -3.13. The molecule has 0 aliphatic heterocycles. The number of amides is 1. The predicted molar refractivity (Wildman–Crippen MR) is 102 cm³/mol. The lowest BCUT2D eigenvalue weighted by Crippen LogP contribution is -2.29. The summed E-state index contributed by atoms with van der Waals surface area (Å²) in [4.78, 5) is 15.3. The Morgan fingerprint density at radius 1 is 1.15 bits per heavy atom. The highest BCUT2D eigenvalue weighted by atomic mass is 32.1. The van der Waals surface area contributed by atoms with Crippen LogP contribution in [0.2, 0.25) is 0 Å². The topological polar surface area (TPSA) is 68.3 Å². The number of hydrogen-bond acceptors (Lipinski definition) is 4. The van der Waals surface area contributed by atoms with Gasteiger partial charge in [0.1, 0.15) is 29.6 Å². The van der Waals surface area contributed by atoms with Crippen molar-refractivity contribution in [2.45, 2.75) is 0 Å². The van der Waals surface area contributed by atoms with Gasteiger partial charge in [0.25, 0.3) is 5.91 Å². The van der Waals surface area contributed by atoms with E-state index in [1.54, 1.807) is 48.1 Å². The third-order valence-corrected chi connectivity index (χ3v) is 4.11. The van der Waals surface area contributed by atoms with Crippen molar-refractivity contribution in [1.29, 1.82) is 0 Å². The van der Waals surface area contributed by atoms with Gasteiger partial charge in [-0.05, 0) is 60.7 Å². The second-order valence-electron chi connectivity index (χ2n) is 5.57. The Morgan fingerprint density at radius 2 is 1.81 bits per heavy atom. The van der Waals surface area contributed by atoms with Crippen LogP contribution in [0.4, 0.5) is 4.39 Å². The van der Waals surface area contributed by atoms with Crippen LogP contribution in [0, 0.1) is 10.6 Å². The van der Waals surface area contributed by atoms with Crippen LogP contribution in [-0.4, -0.2) is 35.7 Å². The van der Waals surface area contributed by atoms with Crippen molar-refractivity contribution in [2.24, 2.45) is 0 Å². The molecule has 0 bridgehead atoms. The maximum Gasteiger partial charge on any atom is 0.269 e. The number of aromatic nitrogens is 2. The molecule has 1 amide bonds. The van der Waals surface area contributed by atoms with E-state index >= 15 is 0 Å². The number of carbonyl (C=O) groups excluding carboxylic acids is 1. The van der Waals surface area contributed by atoms with Crippen molar-refractivity contribution in [1.82, 2.24) is 14.9 Å². The van der Waals surface area contributed by atoms with Crippen molar-refractivity contribution in [3.05, 3.63) is 71.0 Å². The number of halogens is 1. The molecule has 0 saturated heterocycles. The zero-order valence-corrected chi connectivity index (χ0v) is 15.4. The Bertz CT molecular complexity index is 965. The predicted octanol–water partition coefficient (Wildman–Crippen LogP) is 3.49. The molecule has 140 valence electrons. The molecule has 27 heavy (non-hydrogen) atoms. The van der Waals surface area contributed by atoms with Gasteiger partial charge in [-0.1, -0.05) is 0 Å². The molecular formula is C19H18FN3O3S. The van der Waals surface area contributed by atoms with Gasteiger partial charge in [0, 0.05) is 11.9 Å². The number of nitrogens with zero attached hydrogens (tertiary/aromatic N) is 1. The van der Waals surface area contributed by atoms with Crippen LogP contribution in [0.5, 0.6) is 11.5 Å². The minimum absolute atomic E-state index is 0.305. The Balaban J connectivity index is 1.60. The van der Waals surface area contributed by atoms with E-state index in [1.807, 2.05) is 0 Å². The number of imidazole rings is 1. The first-order valence-corrected chi connectivity index (χ1v) is 8.61. The first-order valence-electron chi connectivity index (χ1n) is 8.20. The van der Waals surface area contributed by atoms with E-state index in [2.05, 4.69) is 10.3 Å². The van der Waals surface area contributed by atoms with Gasteiger partial charge in [-0.25, -0.2) is 4.39 Å². The van der Waals surface area contributed by atoms with Crippen molar-refractivity contribution in [2.75, 3.05) is 20.3 Å². The third-order valence-electron chi connectivity index (χ3n) is 3.81. The van der Waals surface area contributed by atoms with E-state index in [-0.39, 0.29) is 11.7 Å². The molecule has 0 fully saturated rings. The third kappa shape index (κ3) is 4.53. The summed E-state index contributed by atoms with van der Waals surface area (Å²) in [5.74, 6) is 0.751. The second kappa shape index (κ2) is 8.50. The minimum atomic E-state index is -0.359. The fourth-order valence-corrected chi connectivity index (χ4v) is 2.74. The number of methoxy groups -OCH3 is 1. The van der Waals surface area contributed by atoms with Crippen LogP contribution in [0.15, 0.2) is 54.7 Å². The lowest BCUT2D eigenvalue weighted by molar-refractivity contribution is 0.0940. The Kier molecular flexibility index (Phi) is 5.87. The lowest BCUT2D eigenvalue weighted by Gasteiger charge is -2.10. The number of aromatic amines is 1. The highest BCUT2D eigenvalue weighted by Gasteiger charge is 2.14. The molecular weight excluding hydrogens is 369 g/mol. The molecule has 0 spiro atoms. The molecule has 0 radical (unpaired) electrons. The Labute approximate surface area is 160 Å². The van der Waals surface area contributed by atoms with E-state index in [9.17, 15) is 9.18 Å². The number of hydrogen-bond donors (Lipinski definition) is 2. The van der Waals surface area contributed by atoms with Gasteiger partial charge in [-0.2, -0.15) is 0 Å². The quantitative estimate of drug-likeness (QED) is 0.481. The molecule has 0 saturated carbocycles. The fourth-order valence-electron chi connectivity index (χ4n) is 2.48. The van der Waals surface area contributed by atoms with Crippen LogP contribution < -0.4 is 14.8 Å². The molecule has 0 atom stereocenters. The molecule has 1 aromatic heterocycles. The van der Waals surface area contributed by atoms with Crippen molar-refractivity contribution < 1.29 is 18.7 Å². The molecule has 6 nitrogen and oxygen atoms in total. The number of benzene rings is 2. The average Bonchev–Trinajstić information content (AvgIpc) is 3.08. The molecule has 2 N–H and O–H groups in total. The molecule has 3 aromatic rings. The maximum atomic E-state index is 13.1. The van der Waals surface area contributed by atoms with E-state index in [0.717, 1.165) is 5.75 Å². The molecule has 0 aliphatic rings. The number of nitrogens with one attached hydrogen (secondary N) is 2. The maximum absolute atomic E-state index is 13.1. The summed E-state index contributed by atoms with van der Waals surface area (Å²) in [5.41, 5.74) is 0.929. The van der Waals surface area contributed by atoms with Gasteiger partial charge in [0.15, 0.2) is 4.77 Å². The standard InChI is InChI=1S/C19H18FN3O3S/c1-25-15-6-8-16(9-7-15)26-11-10-21-18(24)17-12-22-19(27)23(17)14-4-2-13(20)3-5-14/h2-9,12H,10-11H2,1H3,(H,21,24)(H,22,27). The summed E-state index contributed by atoms with van der Waals surface area (Å²) in [7, 11) is 1.60. The zero-order chi connectivity index (χ0) is 19.2. The molecule has 8 heteroatoms. The monoisotopic (exact) mass is 387 g/mol. The van der Waals surface area contributed by atoms with Gasteiger partial charge in [-0.15, -0.1) is 0 Å². The van der Waals surface area contributed by atoms with Gasteiger partial charge >= 0.3 is 0 Å². The zero-order valence-electron chi connectivity index (χ0n) is 14.6. The van der Waals surface area contributed by atoms with E-state index in [0.29, 0.717) is 35.1 Å². The van der Waals surface area contributed by atoms with Crippen LogP contribution in [0.1, 0.15) is 10.5 Å². The largest absolute Gasteiger partial charge is 0.497 e. The number of carbonyl (C=O) groups is 1. The summed E-state index contributed by atoms with van der Waals surface area (Å²) in [5, 5.41) is 2.78. The van der Waals surface area contributed by atoms with Crippen LogP contribution in [-0.2, 0) is 0 Å². The van der Waals surface area contributed by atoms with Gasteiger partial charge in [-0.3, -0.25) is 9.36 Å².